The summed E-state index contributed by atoms with van der Waals surface area (Å²) < 4.78 is 0. The summed E-state index contributed by atoms with van der Waals surface area (Å²) in [4.78, 5) is 5.51. The molecule has 1 aliphatic rings. The topological polar surface area (TPSA) is 38.9 Å². The van der Waals surface area contributed by atoms with Crippen molar-refractivity contribution in [1.82, 2.24) is 4.98 Å². The number of hydrogen-bond donors (Lipinski definition) is 1. The molecule has 0 aliphatic heterocycles. The van der Waals surface area contributed by atoms with Gasteiger partial charge in [-0.25, -0.2) is 0 Å². The first kappa shape index (κ1) is 11.9. The third-order valence-electron chi connectivity index (χ3n) is 3.89. The minimum atomic E-state index is 0.172. The first-order valence-electron chi connectivity index (χ1n) is 6.55. The van der Waals surface area contributed by atoms with Crippen LogP contribution in [0.5, 0.6) is 0 Å². The van der Waals surface area contributed by atoms with Gasteiger partial charge >= 0.3 is 0 Å². The Kier molecular flexibility index (Phi) is 3.43. The van der Waals surface area contributed by atoms with Crippen molar-refractivity contribution in [3.05, 3.63) is 52.0 Å². The molecule has 0 spiro atoms. The SMILES string of the molecule is NC1c2ccccc2CCCC1Cc1cncs1. The number of nitrogens with two attached hydrogens (primary N) is 1. The summed E-state index contributed by atoms with van der Waals surface area (Å²) in [7, 11) is 0. The van der Waals surface area contributed by atoms with Crippen molar-refractivity contribution in [1.29, 1.82) is 0 Å². The van der Waals surface area contributed by atoms with Crippen molar-refractivity contribution in [2.45, 2.75) is 31.7 Å². The van der Waals surface area contributed by atoms with E-state index in [0.29, 0.717) is 5.92 Å². The number of rotatable bonds is 2. The molecular formula is C15H18N2S. The van der Waals surface area contributed by atoms with Crippen molar-refractivity contribution >= 4 is 11.3 Å². The van der Waals surface area contributed by atoms with E-state index in [9.17, 15) is 0 Å². The van der Waals surface area contributed by atoms with Crippen molar-refractivity contribution in [3.63, 3.8) is 0 Å². The van der Waals surface area contributed by atoms with Crippen LogP contribution in [0.15, 0.2) is 36.0 Å². The molecule has 0 bridgehead atoms. The van der Waals surface area contributed by atoms with E-state index in [0.717, 1.165) is 6.42 Å². The molecule has 2 N–H and O–H groups in total. The highest BCUT2D eigenvalue weighted by atomic mass is 32.1. The molecule has 3 heteroatoms. The largest absolute Gasteiger partial charge is 0.324 e. The lowest BCUT2D eigenvalue weighted by Gasteiger charge is -2.22. The van der Waals surface area contributed by atoms with Crippen LogP contribution < -0.4 is 5.73 Å². The Morgan fingerprint density at radius 2 is 2.22 bits per heavy atom. The van der Waals surface area contributed by atoms with Crippen molar-refractivity contribution in [2.24, 2.45) is 11.7 Å². The van der Waals surface area contributed by atoms with Crippen LogP contribution in [0.4, 0.5) is 0 Å². The summed E-state index contributed by atoms with van der Waals surface area (Å²) in [6.45, 7) is 0. The fourth-order valence-corrected chi connectivity index (χ4v) is 3.59. The van der Waals surface area contributed by atoms with Crippen LogP contribution in [-0.2, 0) is 12.8 Å². The van der Waals surface area contributed by atoms with Gasteiger partial charge in [0.05, 0.1) is 5.51 Å². The molecule has 0 fully saturated rings. The van der Waals surface area contributed by atoms with Gasteiger partial charge in [0.2, 0.25) is 0 Å². The first-order chi connectivity index (χ1) is 8.84. The molecule has 0 saturated carbocycles. The summed E-state index contributed by atoms with van der Waals surface area (Å²) in [5.41, 5.74) is 11.2. The van der Waals surface area contributed by atoms with Gasteiger partial charge in [0.15, 0.2) is 0 Å². The zero-order valence-electron chi connectivity index (χ0n) is 10.4. The van der Waals surface area contributed by atoms with E-state index in [-0.39, 0.29) is 6.04 Å². The molecule has 18 heavy (non-hydrogen) atoms. The quantitative estimate of drug-likeness (QED) is 0.839. The van der Waals surface area contributed by atoms with Gasteiger partial charge in [0.25, 0.3) is 0 Å². The standard InChI is InChI=1S/C15H18N2S/c16-15-12(8-13-9-17-10-18-13)6-3-5-11-4-1-2-7-14(11)15/h1-2,4,7,9-10,12,15H,3,5-6,8,16H2. The van der Waals surface area contributed by atoms with Gasteiger partial charge in [-0.05, 0) is 42.7 Å². The Bertz CT molecular complexity index is 507. The van der Waals surface area contributed by atoms with Crippen LogP contribution >= 0.6 is 11.3 Å². The smallest absolute Gasteiger partial charge is 0.0794 e. The predicted octanol–water partition coefficient (Wildman–Crippen LogP) is 3.34. The second-order valence-corrected chi connectivity index (χ2v) is 6.02. The number of hydrogen-bond acceptors (Lipinski definition) is 3. The molecule has 0 amide bonds. The lowest BCUT2D eigenvalue weighted by atomic mass is 9.88. The molecule has 2 atom stereocenters. The highest BCUT2D eigenvalue weighted by molar-refractivity contribution is 7.09. The third kappa shape index (κ3) is 2.33. The van der Waals surface area contributed by atoms with Gasteiger partial charge in [-0.1, -0.05) is 24.3 Å². The second kappa shape index (κ2) is 5.21. The third-order valence-corrected chi connectivity index (χ3v) is 4.69. The molecule has 0 saturated heterocycles. The zero-order chi connectivity index (χ0) is 12.4. The summed E-state index contributed by atoms with van der Waals surface area (Å²) >= 11 is 1.74. The van der Waals surface area contributed by atoms with Crippen molar-refractivity contribution < 1.29 is 0 Å². The molecule has 2 nitrogen and oxygen atoms in total. The lowest BCUT2D eigenvalue weighted by Crippen LogP contribution is -2.22. The fourth-order valence-electron chi connectivity index (χ4n) is 2.91. The van der Waals surface area contributed by atoms with E-state index < -0.39 is 0 Å². The van der Waals surface area contributed by atoms with E-state index in [4.69, 9.17) is 5.73 Å². The first-order valence-corrected chi connectivity index (χ1v) is 7.43. The van der Waals surface area contributed by atoms with Gasteiger partial charge in [0.1, 0.15) is 0 Å². The summed E-state index contributed by atoms with van der Waals surface area (Å²) in [5.74, 6) is 0.550. The predicted molar refractivity (Wildman–Crippen MR) is 75.6 cm³/mol. The summed E-state index contributed by atoms with van der Waals surface area (Å²) in [6, 6.07) is 8.82. The van der Waals surface area contributed by atoms with E-state index in [2.05, 4.69) is 29.2 Å². The molecule has 0 radical (unpaired) electrons. The minimum absolute atomic E-state index is 0.172. The minimum Gasteiger partial charge on any atom is -0.324 e. The Morgan fingerprint density at radius 1 is 1.33 bits per heavy atom. The van der Waals surface area contributed by atoms with E-state index >= 15 is 0 Å². The maximum absolute atomic E-state index is 6.49. The van der Waals surface area contributed by atoms with E-state index in [1.807, 2.05) is 11.7 Å². The summed E-state index contributed by atoms with van der Waals surface area (Å²) in [5, 5.41) is 0. The second-order valence-electron chi connectivity index (χ2n) is 5.05. The number of fused-ring (bicyclic) bond motifs is 1. The fraction of sp³-hybridized carbons (Fsp3) is 0.400. The highest BCUT2D eigenvalue weighted by Gasteiger charge is 2.24. The van der Waals surface area contributed by atoms with Gasteiger partial charge in [-0.15, -0.1) is 11.3 Å². The molecule has 3 rings (SSSR count). The average Bonchev–Trinajstić information content (AvgIpc) is 2.85. The normalized spacial score (nSPS) is 23.4. The van der Waals surface area contributed by atoms with Gasteiger partial charge in [0, 0.05) is 17.1 Å². The molecule has 1 aliphatic carbocycles. The maximum Gasteiger partial charge on any atom is 0.0794 e. The number of benzene rings is 1. The Morgan fingerprint density at radius 3 is 3.06 bits per heavy atom. The van der Waals surface area contributed by atoms with Gasteiger partial charge < -0.3 is 5.73 Å². The van der Waals surface area contributed by atoms with Gasteiger partial charge in [-0.2, -0.15) is 0 Å². The van der Waals surface area contributed by atoms with Crippen LogP contribution in [0.3, 0.4) is 0 Å². The van der Waals surface area contributed by atoms with Gasteiger partial charge in [-0.3, -0.25) is 4.98 Å². The van der Waals surface area contributed by atoms with E-state index in [1.165, 1.54) is 35.3 Å². The lowest BCUT2D eigenvalue weighted by molar-refractivity contribution is 0.404. The monoisotopic (exact) mass is 258 g/mol. The summed E-state index contributed by atoms with van der Waals surface area (Å²) in [6.07, 6.45) is 6.68. The average molecular weight is 258 g/mol. The molecule has 1 aromatic carbocycles. The van der Waals surface area contributed by atoms with Crippen LogP contribution in [0.1, 0.15) is 34.9 Å². The van der Waals surface area contributed by atoms with Crippen LogP contribution in [-0.4, -0.2) is 4.98 Å². The Balaban J connectivity index is 1.85. The molecule has 1 aromatic heterocycles. The molecule has 2 unspecified atom stereocenters. The highest BCUT2D eigenvalue weighted by Crippen LogP contribution is 2.34. The molecule has 94 valence electrons. The maximum atomic E-state index is 6.49. The zero-order valence-corrected chi connectivity index (χ0v) is 11.2. The Hall–Kier alpha value is -1.19. The number of thiazole rings is 1. The molecule has 2 aromatic rings. The number of aryl methyl sites for hydroxylation is 1. The number of nitrogens with zero attached hydrogens (tertiary/aromatic N) is 1. The number of aromatic nitrogens is 1. The van der Waals surface area contributed by atoms with Crippen molar-refractivity contribution in [3.8, 4) is 0 Å². The molecular weight excluding hydrogens is 240 g/mol. The Labute approximate surface area is 112 Å². The van der Waals surface area contributed by atoms with Crippen LogP contribution in [0.25, 0.3) is 0 Å². The van der Waals surface area contributed by atoms with Crippen LogP contribution in [0, 0.1) is 5.92 Å². The molecule has 1 heterocycles. The van der Waals surface area contributed by atoms with Crippen LogP contribution in [0.2, 0.25) is 0 Å². The van der Waals surface area contributed by atoms with Crippen molar-refractivity contribution in [2.75, 3.05) is 0 Å². The van der Waals surface area contributed by atoms with E-state index in [1.54, 1.807) is 11.3 Å².